The van der Waals surface area contributed by atoms with E-state index < -0.39 is 0 Å². The molecule has 23 heavy (non-hydrogen) atoms. The number of aliphatic imine (C=N–C) groups is 1. The molecule has 0 amide bonds. The zero-order chi connectivity index (χ0) is 16.4. The highest BCUT2D eigenvalue weighted by atomic mass is 35.5. The fourth-order valence-electron chi connectivity index (χ4n) is 2.57. The first-order chi connectivity index (χ1) is 11.1. The van der Waals surface area contributed by atoms with E-state index >= 15 is 0 Å². The van der Waals surface area contributed by atoms with Gasteiger partial charge in [0.1, 0.15) is 5.75 Å². The average molecular weight is 344 g/mol. The lowest BCUT2D eigenvalue weighted by atomic mass is 10.00. The summed E-state index contributed by atoms with van der Waals surface area (Å²) in [5, 5.41) is 13.0. The van der Waals surface area contributed by atoms with Gasteiger partial charge in [0.15, 0.2) is 0 Å². The molecule has 0 fully saturated rings. The van der Waals surface area contributed by atoms with E-state index in [9.17, 15) is 5.11 Å². The molecule has 3 aromatic carbocycles. The number of phenolic OH excluding ortho intramolecular Hbond substituents is 1. The van der Waals surface area contributed by atoms with Gasteiger partial charge in [-0.3, -0.25) is 4.99 Å². The third kappa shape index (κ3) is 3.34. The summed E-state index contributed by atoms with van der Waals surface area (Å²) in [6.45, 7) is 2.02. The fraction of sp³-hybridized carbons (Fsp3) is 0.105. The summed E-state index contributed by atoms with van der Waals surface area (Å²) in [5.74, 6) is -0.00932. The Morgan fingerprint density at radius 2 is 1.78 bits per heavy atom. The highest BCUT2D eigenvalue weighted by Gasteiger charge is 2.09. The Morgan fingerprint density at radius 1 is 1.04 bits per heavy atom. The molecule has 0 radical (unpaired) electrons. The second kappa shape index (κ2) is 6.61. The molecule has 0 unspecified atom stereocenters. The van der Waals surface area contributed by atoms with Gasteiger partial charge in [0.05, 0.1) is 11.1 Å². The van der Waals surface area contributed by atoms with E-state index in [0.717, 1.165) is 5.56 Å². The number of rotatable bonds is 3. The van der Waals surface area contributed by atoms with Gasteiger partial charge in [-0.25, -0.2) is 0 Å². The Morgan fingerprint density at radius 3 is 2.61 bits per heavy atom. The molecular formula is C19H15Cl2NO. The van der Waals surface area contributed by atoms with Gasteiger partial charge in [-0.1, -0.05) is 65.7 Å². The van der Waals surface area contributed by atoms with E-state index in [1.54, 1.807) is 12.3 Å². The van der Waals surface area contributed by atoms with E-state index in [2.05, 4.69) is 29.3 Å². The van der Waals surface area contributed by atoms with E-state index in [1.165, 1.54) is 16.8 Å². The van der Waals surface area contributed by atoms with E-state index in [0.29, 0.717) is 10.6 Å². The maximum absolute atomic E-state index is 10.00. The highest BCUT2D eigenvalue weighted by molar-refractivity contribution is 6.36. The van der Waals surface area contributed by atoms with Crippen molar-refractivity contribution in [2.45, 2.75) is 13.0 Å². The lowest BCUT2D eigenvalue weighted by molar-refractivity contribution is 0.474. The normalized spacial score (nSPS) is 12.8. The number of benzene rings is 3. The first-order valence-electron chi connectivity index (χ1n) is 7.25. The van der Waals surface area contributed by atoms with E-state index in [1.807, 2.05) is 25.1 Å². The minimum absolute atomic E-state index is 0.00932. The Hall–Kier alpha value is -2.03. The van der Waals surface area contributed by atoms with Crippen molar-refractivity contribution in [1.29, 1.82) is 0 Å². The summed E-state index contributed by atoms with van der Waals surface area (Å²) in [7, 11) is 0. The van der Waals surface area contributed by atoms with Crippen molar-refractivity contribution in [2.24, 2.45) is 4.99 Å². The maximum atomic E-state index is 10.00. The van der Waals surface area contributed by atoms with Crippen LogP contribution in [-0.4, -0.2) is 11.3 Å². The van der Waals surface area contributed by atoms with Crippen molar-refractivity contribution >= 4 is 40.2 Å². The van der Waals surface area contributed by atoms with Crippen LogP contribution < -0.4 is 0 Å². The second-order valence-corrected chi connectivity index (χ2v) is 6.19. The van der Waals surface area contributed by atoms with Gasteiger partial charge in [0.2, 0.25) is 0 Å². The van der Waals surface area contributed by atoms with Crippen molar-refractivity contribution in [3.8, 4) is 5.75 Å². The highest BCUT2D eigenvalue weighted by Crippen LogP contribution is 2.31. The zero-order valence-electron chi connectivity index (χ0n) is 12.5. The first kappa shape index (κ1) is 15.9. The molecule has 0 aliphatic heterocycles. The molecule has 2 nitrogen and oxygen atoms in total. The minimum atomic E-state index is -0.0572. The molecule has 0 aliphatic rings. The van der Waals surface area contributed by atoms with Crippen molar-refractivity contribution in [2.75, 3.05) is 0 Å². The molecule has 3 aromatic rings. The predicted octanol–water partition coefficient (Wildman–Crippen LogP) is 6.03. The van der Waals surface area contributed by atoms with Crippen LogP contribution in [0.1, 0.15) is 24.1 Å². The van der Waals surface area contributed by atoms with Crippen molar-refractivity contribution in [3.63, 3.8) is 0 Å². The number of phenols is 1. The zero-order valence-corrected chi connectivity index (χ0v) is 14.0. The summed E-state index contributed by atoms with van der Waals surface area (Å²) >= 11 is 11.9. The van der Waals surface area contributed by atoms with Gasteiger partial charge in [0, 0.05) is 16.8 Å². The second-order valence-electron chi connectivity index (χ2n) is 5.35. The van der Waals surface area contributed by atoms with Gasteiger partial charge in [0.25, 0.3) is 0 Å². The molecule has 4 heteroatoms. The average Bonchev–Trinajstić information content (AvgIpc) is 2.56. The third-order valence-corrected chi connectivity index (χ3v) is 4.27. The quantitative estimate of drug-likeness (QED) is 0.578. The standard InChI is InChI=1S/C19H15Cl2NO/c1-12(16-8-4-6-13-5-2-3-7-17(13)16)22-11-14-9-15(20)10-18(21)19(14)23/h2-12,23H,1H3/t12-/m0/s1. The summed E-state index contributed by atoms with van der Waals surface area (Å²) in [4.78, 5) is 4.56. The fourth-order valence-corrected chi connectivity index (χ4v) is 3.08. The molecule has 116 valence electrons. The first-order valence-corrected chi connectivity index (χ1v) is 8.00. The van der Waals surface area contributed by atoms with Crippen LogP contribution in [-0.2, 0) is 0 Å². The lowest BCUT2D eigenvalue weighted by Gasteiger charge is -2.11. The van der Waals surface area contributed by atoms with Crippen LogP contribution in [0.3, 0.4) is 0 Å². The van der Waals surface area contributed by atoms with Crippen molar-refractivity contribution in [1.82, 2.24) is 0 Å². The summed E-state index contributed by atoms with van der Waals surface area (Å²) in [5.41, 5.74) is 1.64. The van der Waals surface area contributed by atoms with Crippen molar-refractivity contribution < 1.29 is 5.11 Å². The summed E-state index contributed by atoms with van der Waals surface area (Å²) in [6.07, 6.45) is 1.61. The molecule has 0 spiro atoms. The van der Waals surface area contributed by atoms with Crippen LogP contribution >= 0.6 is 23.2 Å². The van der Waals surface area contributed by atoms with Gasteiger partial charge in [-0.2, -0.15) is 0 Å². The van der Waals surface area contributed by atoms with Crippen LogP contribution in [0, 0.1) is 0 Å². The smallest absolute Gasteiger partial charge is 0.143 e. The Bertz CT molecular complexity index is 884. The number of hydrogen-bond donors (Lipinski definition) is 1. The third-order valence-electron chi connectivity index (χ3n) is 3.77. The minimum Gasteiger partial charge on any atom is -0.506 e. The maximum Gasteiger partial charge on any atom is 0.143 e. The van der Waals surface area contributed by atoms with Gasteiger partial charge in [-0.15, -0.1) is 0 Å². The molecule has 0 bridgehead atoms. The van der Waals surface area contributed by atoms with Crippen LogP contribution in [0.4, 0.5) is 0 Å². The topological polar surface area (TPSA) is 32.6 Å². The summed E-state index contributed by atoms with van der Waals surface area (Å²) < 4.78 is 0. The number of halogens is 2. The van der Waals surface area contributed by atoms with Gasteiger partial charge in [-0.05, 0) is 35.4 Å². The van der Waals surface area contributed by atoms with E-state index in [4.69, 9.17) is 23.2 Å². The molecule has 0 saturated carbocycles. The van der Waals surface area contributed by atoms with Crippen LogP contribution in [0.2, 0.25) is 10.0 Å². The molecule has 0 saturated heterocycles. The molecule has 0 heterocycles. The molecule has 3 rings (SSSR count). The molecule has 0 aromatic heterocycles. The van der Waals surface area contributed by atoms with Crippen LogP contribution in [0.15, 0.2) is 59.6 Å². The number of fused-ring (bicyclic) bond motifs is 1. The molecular weight excluding hydrogens is 329 g/mol. The number of hydrogen-bond acceptors (Lipinski definition) is 2. The Balaban J connectivity index is 1.96. The summed E-state index contributed by atoms with van der Waals surface area (Å²) in [6, 6.07) is 17.5. The number of aromatic hydroxyl groups is 1. The van der Waals surface area contributed by atoms with Crippen LogP contribution in [0.25, 0.3) is 10.8 Å². The SMILES string of the molecule is C[C@H](N=Cc1cc(Cl)cc(Cl)c1O)c1cccc2ccccc12. The van der Waals surface area contributed by atoms with Crippen LogP contribution in [0.5, 0.6) is 5.75 Å². The predicted molar refractivity (Wildman–Crippen MR) is 98.1 cm³/mol. The lowest BCUT2D eigenvalue weighted by Crippen LogP contribution is -1.93. The van der Waals surface area contributed by atoms with Gasteiger partial charge >= 0.3 is 0 Å². The Labute approximate surface area is 145 Å². The molecule has 1 atom stereocenters. The van der Waals surface area contributed by atoms with Gasteiger partial charge < -0.3 is 5.11 Å². The Kier molecular flexibility index (Phi) is 4.56. The van der Waals surface area contributed by atoms with Crippen molar-refractivity contribution in [3.05, 3.63) is 75.8 Å². The largest absolute Gasteiger partial charge is 0.506 e. The number of nitrogens with zero attached hydrogens (tertiary/aromatic N) is 1. The molecule has 0 aliphatic carbocycles. The molecule has 1 N–H and O–H groups in total. The monoisotopic (exact) mass is 343 g/mol. The van der Waals surface area contributed by atoms with E-state index in [-0.39, 0.29) is 16.8 Å².